The Morgan fingerprint density at radius 1 is 1.24 bits per heavy atom. The smallest absolute Gasteiger partial charge is 0.224 e. The van der Waals surface area contributed by atoms with Gasteiger partial charge >= 0.3 is 0 Å². The van der Waals surface area contributed by atoms with Gasteiger partial charge in [0.1, 0.15) is 5.75 Å². The molecule has 4 nitrogen and oxygen atoms in total. The van der Waals surface area contributed by atoms with Crippen molar-refractivity contribution >= 4 is 11.6 Å². The Morgan fingerprint density at radius 2 is 2.00 bits per heavy atom. The van der Waals surface area contributed by atoms with E-state index in [1.807, 2.05) is 0 Å². The molecule has 94 valence electrons. The second kappa shape index (κ2) is 7.68. The molecule has 0 aliphatic heterocycles. The number of hydrogen-bond acceptors (Lipinski definition) is 3. The van der Waals surface area contributed by atoms with Crippen LogP contribution in [0.3, 0.4) is 0 Å². The summed E-state index contributed by atoms with van der Waals surface area (Å²) in [6, 6.07) is 6.56. The number of rotatable bonds is 7. The summed E-state index contributed by atoms with van der Waals surface area (Å²) in [7, 11) is 0. The van der Waals surface area contributed by atoms with Crippen molar-refractivity contribution in [2.75, 3.05) is 11.9 Å². The van der Waals surface area contributed by atoms with Gasteiger partial charge < -0.3 is 16.2 Å². The summed E-state index contributed by atoms with van der Waals surface area (Å²) in [5.74, 6) is 0.147. The first-order chi connectivity index (χ1) is 8.22. The van der Waals surface area contributed by atoms with Crippen molar-refractivity contribution in [3.05, 3.63) is 24.3 Å². The van der Waals surface area contributed by atoms with Crippen LogP contribution >= 0.6 is 0 Å². The van der Waals surface area contributed by atoms with Crippen LogP contribution in [0.5, 0.6) is 5.75 Å². The third-order valence-corrected chi connectivity index (χ3v) is 2.49. The summed E-state index contributed by atoms with van der Waals surface area (Å²) in [6.07, 6.45) is 4.53. The molecular weight excluding hydrogens is 216 g/mol. The normalized spacial score (nSPS) is 10.2. The summed E-state index contributed by atoms with van der Waals surface area (Å²) in [5.41, 5.74) is 6.02. The Kier molecular flexibility index (Phi) is 6.10. The van der Waals surface area contributed by atoms with E-state index < -0.39 is 0 Å². The van der Waals surface area contributed by atoms with Crippen molar-refractivity contribution < 1.29 is 9.90 Å². The van der Waals surface area contributed by atoms with E-state index in [4.69, 9.17) is 5.73 Å². The summed E-state index contributed by atoms with van der Waals surface area (Å²) in [6.45, 7) is 0.718. The quantitative estimate of drug-likeness (QED) is 0.635. The molecule has 1 aromatic rings. The van der Waals surface area contributed by atoms with Gasteiger partial charge in [-0.25, -0.2) is 0 Å². The summed E-state index contributed by atoms with van der Waals surface area (Å²) < 4.78 is 0. The van der Waals surface area contributed by atoms with Crippen molar-refractivity contribution in [3.63, 3.8) is 0 Å². The monoisotopic (exact) mass is 236 g/mol. The molecule has 4 N–H and O–H groups in total. The van der Waals surface area contributed by atoms with E-state index in [0.717, 1.165) is 32.2 Å². The molecule has 0 saturated carbocycles. The van der Waals surface area contributed by atoms with Gasteiger partial charge in [0.15, 0.2) is 0 Å². The van der Waals surface area contributed by atoms with Crippen molar-refractivity contribution in [3.8, 4) is 5.75 Å². The van der Waals surface area contributed by atoms with E-state index in [2.05, 4.69) is 5.32 Å². The van der Waals surface area contributed by atoms with Crippen molar-refractivity contribution in [2.24, 2.45) is 5.73 Å². The van der Waals surface area contributed by atoms with Crippen LogP contribution in [0, 0.1) is 0 Å². The molecule has 0 heterocycles. The lowest BCUT2D eigenvalue weighted by Gasteiger charge is -2.05. The Bertz CT molecular complexity index is 353. The van der Waals surface area contributed by atoms with Gasteiger partial charge in [-0.05, 0) is 31.5 Å². The number of phenols is 1. The Labute approximate surface area is 102 Å². The van der Waals surface area contributed by atoms with Crippen LogP contribution < -0.4 is 11.1 Å². The van der Waals surface area contributed by atoms with Gasteiger partial charge in [-0.15, -0.1) is 0 Å². The first-order valence-corrected chi connectivity index (χ1v) is 6.01. The topological polar surface area (TPSA) is 75.4 Å². The number of aromatic hydroxyl groups is 1. The Hall–Kier alpha value is -1.55. The number of hydrogen-bond donors (Lipinski definition) is 3. The molecule has 0 unspecified atom stereocenters. The van der Waals surface area contributed by atoms with Crippen LogP contribution in [-0.4, -0.2) is 17.6 Å². The fourth-order valence-corrected chi connectivity index (χ4v) is 1.59. The third kappa shape index (κ3) is 5.92. The Morgan fingerprint density at radius 3 is 2.71 bits per heavy atom. The fraction of sp³-hybridized carbons (Fsp3) is 0.462. The molecule has 0 bridgehead atoms. The lowest BCUT2D eigenvalue weighted by molar-refractivity contribution is -0.116. The highest BCUT2D eigenvalue weighted by Crippen LogP contribution is 2.15. The van der Waals surface area contributed by atoms with E-state index in [0.29, 0.717) is 12.1 Å². The van der Waals surface area contributed by atoms with Gasteiger partial charge in [0.05, 0.1) is 0 Å². The summed E-state index contributed by atoms with van der Waals surface area (Å²) in [4.78, 5) is 11.5. The predicted molar refractivity (Wildman–Crippen MR) is 68.9 cm³/mol. The molecule has 0 fully saturated rings. The number of carbonyl (C=O) groups is 1. The average molecular weight is 236 g/mol. The van der Waals surface area contributed by atoms with Crippen molar-refractivity contribution in [2.45, 2.75) is 32.1 Å². The molecule has 0 aliphatic rings. The van der Waals surface area contributed by atoms with E-state index in [-0.39, 0.29) is 11.7 Å². The highest BCUT2D eigenvalue weighted by atomic mass is 16.3. The fourth-order valence-electron chi connectivity index (χ4n) is 1.59. The number of benzene rings is 1. The molecule has 17 heavy (non-hydrogen) atoms. The van der Waals surface area contributed by atoms with Crippen LogP contribution in [0.25, 0.3) is 0 Å². The molecule has 4 heteroatoms. The maximum Gasteiger partial charge on any atom is 0.224 e. The predicted octanol–water partition coefficient (Wildman–Crippen LogP) is 2.24. The van der Waals surface area contributed by atoms with Gasteiger partial charge in [-0.1, -0.05) is 18.9 Å². The minimum atomic E-state index is -0.0108. The Balaban J connectivity index is 2.21. The zero-order chi connectivity index (χ0) is 12.5. The molecule has 0 aromatic heterocycles. The number of carbonyl (C=O) groups excluding carboxylic acids is 1. The minimum absolute atomic E-state index is 0.0108. The SMILES string of the molecule is NCCCCCCC(=O)Nc1cccc(O)c1. The largest absolute Gasteiger partial charge is 0.508 e. The number of phenolic OH excluding ortho intramolecular Hbond substituents is 1. The van der Waals surface area contributed by atoms with Crippen LogP contribution in [0.2, 0.25) is 0 Å². The third-order valence-electron chi connectivity index (χ3n) is 2.49. The van der Waals surface area contributed by atoms with Gasteiger partial charge in [0.25, 0.3) is 0 Å². The molecule has 1 aromatic carbocycles. The zero-order valence-corrected chi connectivity index (χ0v) is 9.98. The molecule has 1 amide bonds. The van der Waals surface area contributed by atoms with E-state index in [1.54, 1.807) is 18.2 Å². The molecule has 0 spiro atoms. The van der Waals surface area contributed by atoms with Gasteiger partial charge in [-0.3, -0.25) is 4.79 Å². The highest BCUT2D eigenvalue weighted by molar-refractivity contribution is 5.90. The first kappa shape index (κ1) is 13.5. The average Bonchev–Trinajstić information content (AvgIpc) is 2.29. The minimum Gasteiger partial charge on any atom is -0.508 e. The number of nitrogens with one attached hydrogen (secondary N) is 1. The zero-order valence-electron chi connectivity index (χ0n) is 9.98. The van der Waals surface area contributed by atoms with Crippen LogP contribution in [0.4, 0.5) is 5.69 Å². The van der Waals surface area contributed by atoms with Crippen molar-refractivity contribution in [1.29, 1.82) is 0 Å². The maximum atomic E-state index is 11.5. The first-order valence-electron chi connectivity index (χ1n) is 6.01. The molecular formula is C13H20N2O2. The van der Waals surface area contributed by atoms with Crippen LogP contribution in [0.15, 0.2) is 24.3 Å². The number of anilines is 1. The van der Waals surface area contributed by atoms with E-state index >= 15 is 0 Å². The number of unbranched alkanes of at least 4 members (excludes halogenated alkanes) is 3. The molecule has 0 radical (unpaired) electrons. The summed E-state index contributed by atoms with van der Waals surface area (Å²) >= 11 is 0. The summed E-state index contributed by atoms with van der Waals surface area (Å²) in [5, 5.41) is 12.0. The lowest BCUT2D eigenvalue weighted by atomic mass is 10.1. The van der Waals surface area contributed by atoms with Gasteiger partial charge in [0.2, 0.25) is 5.91 Å². The lowest BCUT2D eigenvalue weighted by Crippen LogP contribution is -2.10. The highest BCUT2D eigenvalue weighted by Gasteiger charge is 2.02. The molecule has 0 saturated heterocycles. The van der Waals surface area contributed by atoms with Gasteiger partial charge in [0, 0.05) is 18.2 Å². The van der Waals surface area contributed by atoms with Crippen molar-refractivity contribution in [1.82, 2.24) is 0 Å². The maximum absolute atomic E-state index is 11.5. The molecule has 1 rings (SSSR count). The van der Waals surface area contributed by atoms with Crippen LogP contribution in [-0.2, 0) is 4.79 Å². The standard InChI is InChI=1S/C13H20N2O2/c14-9-4-2-1-3-8-13(17)15-11-6-5-7-12(16)10-11/h5-7,10,16H,1-4,8-9,14H2,(H,15,17). The van der Waals surface area contributed by atoms with Gasteiger partial charge in [-0.2, -0.15) is 0 Å². The number of amides is 1. The number of nitrogens with two attached hydrogens (primary N) is 1. The van der Waals surface area contributed by atoms with E-state index in [1.165, 1.54) is 6.07 Å². The van der Waals surface area contributed by atoms with E-state index in [9.17, 15) is 9.90 Å². The second-order valence-corrected chi connectivity index (χ2v) is 4.05. The second-order valence-electron chi connectivity index (χ2n) is 4.05. The molecule has 0 atom stereocenters. The molecule has 0 aliphatic carbocycles. The van der Waals surface area contributed by atoms with Crippen LogP contribution in [0.1, 0.15) is 32.1 Å².